The molecule has 6 rings (SSSR count). The molecule has 0 saturated heterocycles. The highest BCUT2D eigenvalue weighted by molar-refractivity contribution is 5.91. The van der Waals surface area contributed by atoms with E-state index >= 15 is 0 Å². The summed E-state index contributed by atoms with van der Waals surface area (Å²) in [6.07, 6.45) is 2.44. The van der Waals surface area contributed by atoms with Gasteiger partial charge in [0, 0.05) is 17.4 Å². The van der Waals surface area contributed by atoms with E-state index in [1.807, 2.05) is 18.2 Å². The summed E-state index contributed by atoms with van der Waals surface area (Å²) in [6.45, 7) is 4.78. The first kappa shape index (κ1) is 16.3. The van der Waals surface area contributed by atoms with E-state index in [9.17, 15) is 4.79 Å². The van der Waals surface area contributed by atoms with Crippen molar-refractivity contribution < 1.29 is 0 Å². The highest BCUT2D eigenvalue weighted by Gasteiger charge is 2.25. The molecule has 0 radical (unpaired) electrons. The van der Waals surface area contributed by atoms with Gasteiger partial charge in [0.25, 0.3) is 5.56 Å². The van der Waals surface area contributed by atoms with Crippen LogP contribution < -0.4 is 5.56 Å². The Bertz CT molecular complexity index is 1500. The quantitative estimate of drug-likeness (QED) is 0.479. The van der Waals surface area contributed by atoms with Gasteiger partial charge in [-0.05, 0) is 55.2 Å². The second kappa shape index (κ2) is 5.67. The van der Waals surface area contributed by atoms with Crippen LogP contribution in [-0.4, -0.2) is 24.3 Å². The van der Waals surface area contributed by atoms with Gasteiger partial charge in [-0.25, -0.2) is 9.67 Å². The van der Waals surface area contributed by atoms with E-state index in [2.05, 4.69) is 48.2 Å². The highest BCUT2D eigenvalue weighted by atomic mass is 16.1. The summed E-state index contributed by atoms with van der Waals surface area (Å²) in [6, 6.07) is 14.4. The molecule has 0 atom stereocenters. The van der Waals surface area contributed by atoms with Crippen LogP contribution in [0, 0.1) is 13.8 Å². The first-order chi connectivity index (χ1) is 14.1. The zero-order valence-corrected chi connectivity index (χ0v) is 16.2. The van der Waals surface area contributed by atoms with Crippen LogP contribution in [-0.2, 0) is 13.0 Å². The number of benzene rings is 2. The number of nitrogens with one attached hydrogen (secondary N) is 1. The van der Waals surface area contributed by atoms with Gasteiger partial charge >= 0.3 is 0 Å². The molecule has 0 spiro atoms. The molecule has 1 aliphatic rings. The van der Waals surface area contributed by atoms with Crippen LogP contribution in [0.1, 0.15) is 16.7 Å². The third kappa shape index (κ3) is 2.20. The van der Waals surface area contributed by atoms with Crippen LogP contribution in [0.5, 0.6) is 0 Å². The number of para-hydroxylation sites is 1. The molecule has 0 saturated carbocycles. The largest absolute Gasteiger partial charge is 0.352 e. The van der Waals surface area contributed by atoms with Crippen molar-refractivity contribution in [2.24, 2.45) is 0 Å². The number of aromatic amines is 1. The minimum atomic E-state index is -0.0376. The Morgan fingerprint density at radius 2 is 1.90 bits per heavy atom. The van der Waals surface area contributed by atoms with Crippen molar-refractivity contribution in [1.29, 1.82) is 0 Å². The summed E-state index contributed by atoms with van der Waals surface area (Å²) in [4.78, 5) is 21.6. The second-order valence-corrected chi connectivity index (χ2v) is 7.73. The van der Waals surface area contributed by atoms with Crippen molar-refractivity contribution >= 4 is 21.9 Å². The van der Waals surface area contributed by atoms with Gasteiger partial charge < -0.3 is 4.98 Å². The first-order valence-electron chi connectivity index (χ1n) is 9.78. The Morgan fingerprint density at radius 3 is 2.76 bits per heavy atom. The van der Waals surface area contributed by atoms with Gasteiger partial charge in [-0.1, -0.05) is 24.3 Å². The van der Waals surface area contributed by atoms with Crippen molar-refractivity contribution in [2.45, 2.75) is 26.8 Å². The number of rotatable bonds is 1. The smallest absolute Gasteiger partial charge is 0.264 e. The summed E-state index contributed by atoms with van der Waals surface area (Å²) < 4.78 is 3.54. The average Bonchev–Trinajstić information content (AvgIpc) is 3.32. The van der Waals surface area contributed by atoms with Crippen molar-refractivity contribution in [3.63, 3.8) is 0 Å². The van der Waals surface area contributed by atoms with Crippen LogP contribution in [0.2, 0.25) is 0 Å². The van der Waals surface area contributed by atoms with E-state index in [-0.39, 0.29) is 5.56 Å². The fourth-order valence-corrected chi connectivity index (χ4v) is 4.32. The van der Waals surface area contributed by atoms with Gasteiger partial charge in [0.2, 0.25) is 0 Å². The lowest BCUT2D eigenvalue weighted by Crippen LogP contribution is -2.27. The molecule has 1 N–H and O–H groups in total. The summed E-state index contributed by atoms with van der Waals surface area (Å²) >= 11 is 0. The lowest BCUT2D eigenvalue weighted by atomic mass is 10.0. The van der Waals surface area contributed by atoms with Crippen molar-refractivity contribution in [2.75, 3.05) is 0 Å². The van der Waals surface area contributed by atoms with Crippen LogP contribution in [0.4, 0.5) is 0 Å². The fourth-order valence-electron chi connectivity index (χ4n) is 4.32. The Kier molecular flexibility index (Phi) is 3.19. The highest BCUT2D eigenvalue weighted by Crippen LogP contribution is 2.33. The number of nitrogens with zero attached hydrogens (tertiary/aromatic N) is 4. The van der Waals surface area contributed by atoms with E-state index in [0.717, 1.165) is 23.3 Å². The average molecular weight is 381 g/mol. The lowest BCUT2D eigenvalue weighted by Gasteiger charge is -2.18. The Labute approximate surface area is 166 Å². The van der Waals surface area contributed by atoms with Gasteiger partial charge in [0.05, 0.1) is 17.6 Å². The normalized spacial score (nSPS) is 13.0. The Hall–Kier alpha value is -3.67. The van der Waals surface area contributed by atoms with E-state index in [1.165, 1.54) is 22.1 Å². The minimum Gasteiger partial charge on any atom is -0.352 e. The van der Waals surface area contributed by atoms with Gasteiger partial charge in [-0.2, -0.15) is 5.10 Å². The molecule has 3 aromatic heterocycles. The molecular weight excluding hydrogens is 362 g/mol. The minimum absolute atomic E-state index is 0.0376. The number of hydrogen-bond donors (Lipinski definition) is 1. The standard InChI is InChI=1S/C23H19N5O/c1-13-7-8-15(11-14(13)2)28-21-18(12-24-28)23(29)27-10-9-17-16-5-3-4-6-19(16)25-20(17)22(27)26-21/h3-8,11-12,25H,9-10H2,1-2H3. The van der Waals surface area contributed by atoms with Crippen LogP contribution in [0.25, 0.3) is 39.1 Å². The zero-order chi connectivity index (χ0) is 19.7. The van der Waals surface area contributed by atoms with E-state index < -0.39 is 0 Å². The van der Waals surface area contributed by atoms with Gasteiger partial charge in [0.1, 0.15) is 5.39 Å². The van der Waals surface area contributed by atoms with Crippen LogP contribution in [0.15, 0.2) is 53.5 Å². The van der Waals surface area contributed by atoms with Gasteiger partial charge in [0.15, 0.2) is 11.5 Å². The molecule has 0 bridgehead atoms. The van der Waals surface area contributed by atoms with Crippen molar-refractivity contribution in [3.8, 4) is 17.2 Å². The SMILES string of the molecule is Cc1ccc(-n2ncc3c(=O)n4c(nc32)-c2[nH]c3ccccc3c2CC4)cc1C. The van der Waals surface area contributed by atoms with Gasteiger partial charge in [-0.15, -0.1) is 0 Å². The fraction of sp³-hybridized carbons (Fsp3) is 0.174. The number of hydrogen-bond acceptors (Lipinski definition) is 3. The maximum absolute atomic E-state index is 13.2. The molecule has 0 aliphatic carbocycles. The zero-order valence-electron chi connectivity index (χ0n) is 16.2. The third-order valence-electron chi connectivity index (χ3n) is 6.04. The van der Waals surface area contributed by atoms with E-state index in [1.54, 1.807) is 15.4 Å². The third-order valence-corrected chi connectivity index (χ3v) is 6.04. The summed E-state index contributed by atoms with van der Waals surface area (Å²) in [7, 11) is 0. The molecule has 4 heterocycles. The molecule has 0 unspecified atom stereocenters. The summed E-state index contributed by atoms with van der Waals surface area (Å²) in [5.41, 5.74) is 7.10. The van der Waals surface area contributed by atoms with Gasteiger partial charge in [-0.3, -0.25) is 9.36 Å². The van der Waals surface area contributed by atoms with Crippen LogP contribution >= 0.6 is 0 Å². The predicted molar refractivity (Wildman–Crippen MR) is 114 cm³/mol. The first-order valence-corrected chi connectivity index (χ1v) is 9.78. The Balaban J connectivity index is 1.65. The Morgan fingerprint density at radius 1 is 1.03 bits per heavy atom. The molecule has 29 heavy (non-hydrogen) atoms. The van der Waals surface area contributed by atoms with Crippen LogP contribution in [0.3, 0.4) is 0 Å². The lowest BCUT2D eigenvalue weighted by molar-refractivity contribution is 0.652. The molecule has 1 aliphatic heterocycles. The molecule has 5 aromatic rings. The van der Waals surface area contributed by atoms with E-state index in [0.29, 0.717) is 23.4 Å². The van der Waals surface area contributed by atoms with E-state index in [4.69, 9.17) is 4.98 Å². The molecule has 6 heteroatoms. The topological polar surface area (TPSA) is 68.5 Å². The molecule has 2 aromatic carbocycles. The predicted octanol–water partition coefficient (Wildman–Crippen LogP) is 3.90. The number of fused-ring (bicyclic) bond motifs is 6. The molecule has 0 fully saturated rings. The maximum atomic E-state index is 13.2. The maximum Gasteiger partial charge on any atom is 0.264 e. The number of H-pyrrole nitrogens is 1. The van der Waals surface area contributed by atoms with Crippen molar-refractivity contribution in [1.82, 2.24) is 24.3 Å². The second-order valence-electron chi connectivity index (χ2n) is 7.73. The molecule has 0 amide bonds. The molecular formula is C23H19N5O. The molecule has 142 valence electrons. The summed E-state index contributed by atoms with van der Waals surface area (Å²) in [5, 5.41) is 6.25. The molecule has 6 nitrogen and oxygen atoms in total. The number of aromatic nitrogens is 5. The number of aryl methyl sites for hydroxylation is 3. The van der Waals surface area contributed by atoms with Crippen molar-refractivity contribution in [3.05, 3.63) is 75.7 Å². The monoisotopic (exact) mass is 381 g/mol. The summed E-state index contributed by atoms with van der Waals surface area (Å²) in [5.74, 6) is 0.686.